The second kappa shape index (κ2) is 7.51. The smallest absolute Gasteiger partial charge is 0.176 e. The van der Waals surface area contributed by atoms with Crippen LogP contribution in [0, 0.1) is 0 Å². The number of ether oxygens (including phenoxy) is 3. The molecule has 1 saturated heterocycles. The fraction of sp³-hybridized carbons (Fsp3) is 0.769. The van der Waals surface area contributed by atoms with Gasteiger partial charge in [0.15, 0.2) is 6.29 Å². The Morgan fingerprint density at radius 3 is 3.17 bits per heavy atom. The maximum Gasteiger partial charge on any atom is 0.176 e. The van der Waals surface area contributed by atoms with Gasteiger partial charge in [-0.3, -0.25) is 0 Å². The summed E-state index contributed by atoms with van der Waals surface area (Å²) in [4.78, 5) is 3.99. The number of imidazole rings is 1. The Morgan fingerprint density at radius 1 is 1.44 bits per heavy atom. The summed E-state index contributed by atoms with van der Waals surface area (Å²) in [7, 11) is 0. The molecule has 102 valence electrons. The van der Waals surface area contributed by atoms with Gasteiger partial charge in [-0.1, -0.05) is 19.8 Å². The van der Waals surface area contributed by atoms with Gasteiger partial charge in [-0.05, 0) is 6.42 Å². The quantitative estimate of drug-likeness (QED) is 0.664. The number of aromatic nitrogens is 2. The van der Waals surface area contributed by atoms with Crippen LogP contribution in [0.3, 0.4) is 0 Å². The molecule has 2 unspecified atom stereocenters. The minimum atomic E-state index is -0.177. The Hall–Kier alpha value is -0.910. The lowest BCUT2D eigenvalue weighted by Crippen LogP contribution is -2.21. The molecule has 5 heteroatoms. The standard InChI is InChI=1S/C13H22N2O3/c1-2-3-4-7-16-9-12-10-17-13(18-12)8-15-6-5-14-11-15/h5-6,11-13H,2-4,7-10H2,1H3. The van der Waals surface area contributed by atoms with Crippen LogP contribution in [0.15, 0.2) is 18.7 Å². The third-order valence-electron chi connectivity index (χ3n) is 2.93. The average molecular weight is 254 g/mol. The highest BCUT2D eigenvalue weighted by Crippen LogP contribution is 2.13. The van der Waals surface area contributed by atoms with E-state index in [2.05, 4.69) is 11.9 Å². The molecule has 0 radical (unpaired) electrons. The van der Waals surface area contributed by atoms with Crippen molar-refractivity contribution in [2.24, 2.45) is 0 Å². The number of rotatable bonds is 8. The summed E-state index contributed by atoms with van der Waals surface area (Å²) in [6.07, 6.45) is 8.89. The van der Waals surface area contributed by atoms with E-state index in [1.807, 2.05) is 10.8 Å². The summed E-state index contributed by atoms with van der Waals surface area (Å²) in [5.41, 5.74) is 0. The molecule has 1 aromatic heterocycles. The Balaban J connectivity index is 1.57. The number of hydrogen-bond donors (Lipinski definition) is 0. The zero-order valence-electron chi connectivity index (χ0n) is 11.0. The zero-order valence-corrected chi connectivity index (χ0v) is 11.0. The summed E-state index contributed by atoms with van der Waals surface area (Å²) in [6, 6.07) is 0. The van der Waals surface area contributed by atoms with Crippen LogP contribution in [0.4, 0.5) is 0 Å². The molecule has 0 aromatic carbocycles. The van der Waals surface area contributed by atoms with E-state index in [-0.39, 0.29) is 12.4 Å². The van der Waals surface area contributed by atoms with Gasteiger partial charge in [0.2, 0.25) is 0 Å². The Kier molecular flexibility index (Phi) is 5.64. The van der Waals surface area contributed by atoms with Crippen LogP contribution in [0.1, 0.15) is 26.2 Å². The van der Waals surface area contributed by atoms with Gasteiger partial charge in [0.05, 0.1) is 26.1 Å². The van der Waals surface area contributed by atoms with Gasteiger partial charge >= 0.3 is 0 Å². The molecule has 0 aliphatic carbocycles. The molecule has 1 aliphatic rings. The lowest BCUT2D eigenvalue weighted by Gasteiger charge is -2.12. The topological polar surface area (TPSA) is 45.5 Å². The van der Waals surface area contributed by atoms with Crippen LogP contribution < -0.4 is 0 Å². The lowest BCUT2D eigenvalue weighted by atomic mass is 10.3. The van der Waals surface area contributed by atoms with E-state index in [1.165, 1.54) is 12.8 Å². The first kappa shape index (κ1) is 13.5. The molecule has 1 fully saturated rings. The summed E-state index contributed by atoms with van der Waals surface area (Å²) in [5, 5.41) is 0. The van der Waals surface area contributed by atoms with Gasteiger partial charge in [0.25, 0.3) is 0 Å². The molecule has 0 spiro atoms. The van der Waals surface area contributed by atoms with Crippen molar-refractivity contribution >= 4 is 0 Å². The van der Waals surface area contributed by atoms with Crippen molar-refractivity contribution in [2.45, 2.75) is 45.1 Å². The molecule has 2 atom stereocenters. The SMILES string of the molecule is CCCCCOCC1COC(Cn2ccnc2)O1. The summed E-state index contributed by atoms with van der Waals surface area (Å²) >= 11 is 0. The van der Waals surface area contributed by atoms with E-state index in [0.29, 0.717) is 19.8 Å². The Morgan fingerprint density at radius 2 is 2.39 bits per heavy atom. The number of nitrogens with zero attached hydrogens (tertiary/aromatic N) is 2. The predicted molar refractivity (Wildman–Crippen MR) is 67.2 cm³/mol. The van der Waals surface area contributed by atoms with Gasteiger partial charge in [-0.25, -0.2) is 4.98 Å². The minimum Gasteiger partial charge on any atom is -0.379 e. The second-order valence-electron chi connectivity index (χ2n) is 4.56. The normalized spacial score (nSPS) is 23.6. The summed E-state index contributed by atoms with van der Waals surface area (Å²) < 4.78 is 18.8. The first-order valence-electron chi connectivity index (χ1n) is 6.69. The molecule has 0 N–H and O–H groups in total. The highest BCUT2D eigenvalue weighted by molar-refractivity contribution is 4.76. The maximum atomic E-state index is 5.75. The van der Waals surface area contributed by atoms with Crippen molar-refractivity contribution in [1.82, 2.24) is 9.55 Å². The molecule has 5 nitrogen and oxygen atoms in total. The third-order valence-corrected chi connectivity index (χ3v) is 2.93. The van der Waals surface area contributed by atoms with Gasteiger partial charge < -0.3 is 18.8 Å². The first-order valence-corrected chi connectivity index (χ1v) is 6.69. The van der Waals surface area contributed by atoms with Crippen LogP contribution in [0.2, 0.25) is 0 Å². The predicted octanol–water partition coefficient (Wildman–Crippen LogP) is 1.83. The van der Waals surface area contributed by atoms with E-state index in [9.17, 15) is 0 Å². The Bertz CT molecular complexity index is 316. The first-order chi connectivity index (χ1) is 8.88. The third kappa shape index (κ3) is 4.40. The molecule has 0 saturated carbocycles. The van der Waals surface area contributed by atoms with Crippen LogP contribution in [-0.4, -0.2) is 41.8 Å². The van der Waals surface area contributed by atoms with Gasteiger partial charge in [0.1, 0.15) is 6.10 Å². The highest BCUT2D eigenvalue weighted by Gasteiger charge is 2.26. The molecule has 0 amide bonds. The highest BCUT2D eigenvalue weighted by atomic mass is 16.7. The molecule has 1 aliphatic heterocycles. The number of hydrogen-bond acceptors (Lipinski definition) is 4. The Labute approximate surface area is 108 Å². The molecule has 18 heavy (non-hydrogen) atoms. The minimum absolute atomic E-state index is 0.0696. The fourth-order valence-corrected chi connectivity index (χ4v) is 1.93. The van der Waals surface area contributed by atoms with Crippen molar-refractivity contribution < 1.29 is 14.2 Å². The number of unbranched alkanes of at least 4 members (excludes halogenated alkanes) is 2. The monoisotopic (exact) mass is 254 g/mol. The molecule has 2 heterocycles. The molecule has 0 bridgehead atoms. The molecule has 1 aromatic rings. The lowest BCUT2D eigenvalue weighted by molar-refractivity contribution is -0.0797. The average Bonchev–Trinajstić information content (AvgIpc) is 3.02. The summed E-state index contributed by atoms with van der Waals surface area (Å²) in [6.45, 7) is 4.94. The zero-order chi connectivity index (χ0) is 12.6. The van der Waals surface area contributed by atoms with Gasteiger partial charge in [-0.15, -0.1) is 0 Å². The van der Waals surface area contributed by atoms with Crippen molar-refractivity contribution in [2.75, 3.05) is 19.8 Å². The fourth-order valence-electron chi connectivity index (χ4n) is 1.93. The van der Waals surface area contributed by atoms with Crippen LogP contribution in [-0.2, 0) is 20.8 Å². The van der Waals surface area contributed by atoms with Crippen molar-refractivity contribution in [3.63, 3.8) is 0 Å². The van der Waals surface area contributed by atoms with Crippen molar-refractivity contribution in [3.8, 4) is 0 Å². The van der Waals surface area contributed by atoms with Crippen LogP contribution in [0.25, 0.3) is 0 Å². The van der Waals surface area contributed by atoms with E-state index < -0.39 is 0 Å². The van der Waals surface area contributed by atoms with Crippen LogP contribution in [0.5, 0.6) is 0 Å². The van der Waals surface area contributed by atoms with Gasteiger partial charge in [0, 0.05) is 19.0 Å². The van der Waals surface area contributed by atoms with Gasteiger partial charge in [-0.2, -0.15) is 0 Å². The van der Waals surface area contributed by atoms with E-state index in [4.69, 9.17) is 14.2 Å². The van der Waals surface area contributed by atoms with Crippen LogP contribution >= 0.6 is 0 Å². The molecule has 2 rings (SSSR count). The van der Waals surface area contributed by atoms with E-state index in [1.54, 1.807) is 12.5 Å². The summed E-state index contributed by atoms with van der Waals surface area (Å²) in [5.74, 6) is 0. The van der Waals surface area contributed by atoms with E-state index >= 15 is 0 Å². The molecular formula is C13H22N2O3. The maximum absolute atomic E-state index is 5.75. The van der Waals surface area contributed by atoms with Crippen molar-refractivity contribution in [1.29, 1.82) is 0 Å². The largest absolute Gasteiger partial charge is 0.379 e. The molecular weight excluding hydrogens is 232 g/mol. The second-order valence-corrected chi connectivity index (χ2v) is 4.56. The van der Waals surface area contributed by atoms with Crippen molar-refractivity contribution in [3.05, 3.63) is 18.7 Å². The van der Waals surface area contributed by atoms with E-state index in [0.717, 1.165) is 13.0 Å².